The fourth-order valence-corrected chi connectivity index (χ4v) is 5.79. The third-order valence-electron chi connectivity index (χ3n) is 7.79. The molecule has 3 aromatic heterocycles. The number of benzene rings is 5. The van der Waals surface area contributed by atoms with Crippen LogP contribution in [0.1, 0.15) is 0 Å². The van der Waals surface area contributed by atoms with Crippen molar-refractivity contribution in [1.82, 2.24) is 15.0 Å². The normalized spacial score (nSPS) is 11.1. The molecule has 3 heterocycles. The van der Waals surface area contributed by atoms with E-state index in [4.69, 9.17) is 4.98 Å². The number of aromatic nitrogens is 3. The zero-order valence-corrected chi connectivity index (χ0v) is 25.4. The summed E-state index contributed by atoms with van der Waals surface area (Å²) in [5.74, 6) is 0. The monoisotopic (exact) mass is 727 g/mol. The van der Waals surface area contributed by atoms with Crippen LogP contribution in [-0.2, 0) is 20.1 Å². The predicted octanol–water partition coefficient (Wildman–Crippen LogP) is 9.80. The van der Waals surface area contributed by atoms with Crippen molar-refractivity contribution in [1.29, 1.82) is 0 Å². The van der Waals surface area contributed by atoms with Crippen LogP contribution in [0.5, 0.6) is 0 Å². The molecule has 1 aliphatic carbocycles. The van der Waals surface area contributed by atoms with E-state index in [2.05, 4.69) is 94.9 Å². The standard InChI is InChI=1S/C21H12N.C18H12N2.Ir/c1-2-7-14(8-3-1)20-13-18-16-10-5-4-9-15(16)17-11-6-12-19(22-20)21(17)18;1-3-7-15-13(5-1)9-11-17(19-15)18-12-10-14-6-2-4-8-16(14)20-18;/h1-7,9-13H;1-12H;/q-1;;. The average molecular weight is 727 g/mol. The van der Waals surface area contributed by atoms with Gasteiger partial charge in [0, 0.05) is 36.3 Å². The summed E-state index contributed by atoms with van der Waals surface area (Å²) in [6.45, 7) is 0. The Morgan fingerprint density at radius 3 is 1.58 bits per heavy atom. The van der Waals surface area contributed by atoms with Crippen LogP contribution in [0.3, 0.4) is 0 Å². The van der Waals surface area contributed by atoms with Crippen LogP contribution < -0.4 is 0 Å². The van der Waals surface area contributed by atoms with Crippen molar-refractivity contribution < 1.29 is 20.1 Å². The second kappa shape index (κ2) is 11.3. The molecule has 43 heavy (non-hydrogen) atoms. The van der Waals surface area contributed by atoms with E-state index in [9.17, 15) is 0 Å². The molecular formula is C39H24IrN3-. The topological polar surface area (TPSA) is 38.7 Å². The van der Waals surface area contributed by atoms with Crippen LogP contribution in [0.2, 0.25) is 0 Å². The smallest absolute Gasteiger partial charge is 0.0894 e. The van der Waals surface area contributed by atoms with Crippen LogP contribution in [-0.4, -0.2) is 15.0 Å². The summed E-state index contributed by atoms with van der Waals surface area (Å²) in [5.41, 5.74) is 12.1. The second-order valence-corrected chi connectivity index (χ2v) is 10.4. The molecule has 3 nitrogen and oxygen atoms in total. The summed E-state index contributed by atoms with van der Waals surface area (Å²) in [6.07, 6.45) is 0. The third kappa shape index (κ3) is 4.91. The van der Waals surface area contributed by atoms with Crippen molar-refractivity contribution in [3.63, 3.8) is 0 Å². The van der Waals surface area contributed by atoms with Crippen LogP contribution in [0.15, 0.2) is 146 Å². The minimum absolute atomic E-state index is 0. The Kier molecular flexibility index (Phi) is 7.08. The predicted molar refractivity (Wildman–Crippen MR) is 173 cm³/mol. The molecule has 9 rings (SSSR count). The first-order valence-corrected chi connectivity index (χ1v) is 14.0. The molecule has 5 aromatic carbocycles. The Bertz CT molecular complexity index is 2180. The molecule has 0 atom stereocenters. The van der Waals surface area contributed by atoms with E-state index < -0.39 is 0 Å². The molecule has 0 saturated carbocycles. The second-order valence-electron chi connectivity index (χ2n) is 10.4. The summed E-state index contributed by atoms with van der Waals surface area (Å²) in [4.78, 5) is 14.2. The quantitative estimate of drug-likeness (QED) is 0.167. The van der Waals surface area contributed by atoms with Crippen LogP contribution >= 0.6 is 0 Å². The minimum atomic E-state index is 0. The molecule has 0 bridgehead atoms. The van der Waals surface area contributed by atoms with Gasteiger partial charge in [0.05, 0.1) is 27.9 Å². The van der Waals surface area contributed by atoms with Crippen molar-refractivity contribution in [3.05, 3.63) is 152 Å². The van der Waals surface area contributed by atoms with Gasteiger partial charge < -0.3 is 0 Å². The van der Waals surface area contributed by atoms with Crippen molar-refractivity contribution in [2.45, 2.75) is 0 Å². The maximum absolute atomic E-state index is 4.86. The molecule has 0 amide bonds. The number of hydrogen-bond donors (Lipinski definition) is 0. The largest absolute Gasteiger partial charge is 0.296 e. The average Bonchev–Trinajstić information content (AvgIpc) is 3.40. The molecule has 8 aromatic rings. The zero-order valence-electron chi connectivity index (χ0n) is 23.0. The molecule has 0 aliphatic heterocycles. The molecule has 1 aliphatic rings. The van der Waals surface area contributed by atoms with Gasteiger partial charge in [-0.3, -0.25) is 4.98 Å². The maximum atomic E-state index is 4.86. The van der Waals surface area contributed by atoms with Gasteiger partial charge in [-0.25, -0.2) is 9.97 Å². The van der Waals surface area contributed by atoms with E-state index in [1.54, 1.807) is 0 Å². The van der Waals surface area contributed by atoms with Gasteiger partial charge >= 0.3 is 0 Å². The van der Waals surface area contributed by atoms with E-state index >= 15 is 0 Å². The molecule has 0 fully saturated rings. The summed E-state index contributed by atoms with van der Waals surface area (Å²) in [5, 5.41) is 3.57. The van der Waals surface area contributed by atoms with Crippen LogP contribution in [0, 0.1) is 6.07 Å². The molecular weight excluding hydrogens is 703 g/mol. The Labute approximate surface area is 263 Å². The van der Waals surface area contributed by atoms with Crippen molar-refractivity contribution in [2.75, 3.05) is 0 Å². The molecule has 0 unspecified atom stereocenters. The van der Waals surface area contributed by atoms with Crippen LogP contribution in [0.4, 0.5) is 0 Å². The molecule has 0 spiro atoms. The van der Waals surface area contributed by atoms with Gasteiger partial charge in [0.25, 0.3) is 0 Å². The number of para-hydroxylation sites is 2. The Hall–Kier alpha value is -5.02. The third-order valence-corrected chi connectivity index (χ3v) is 7.79. The first-order chi connectivity index (χ1) is 20.8. The van der Waals surface area contributed by atoms with Gasteiger partial charge in [-0.05, 0) is 58.3 Å². The van der Waals surface area contributed by atoms with E-state index in [0.29, 0.717) is 0 Å². The van der Waals surface area contributed by atoms with Gasteiger partial charge in [0.15, 0.2) is 0 Å². The fourth-order valence-electron chi connectivity index (χ4n) is 5.79. The van der Waals surface area contributed by atoms with Gasteiger partial charge in [0.1, 0.15) is 0 Å². The minimum Gasteiger partial charge on any atom is -0.296 e. The molecule has 0 N–H and O–H groups in total. The summed E-state index contributed by atoms with van der Waals surface area (Å²) in [7, 11) is 0. The van der Waals surface area contributed by atoms with E-state index in [1.807, 2.05) is 66.7 Å². The van der Waals surface area contributed by atoms with Crippen molar-refractivity contribution in [2.24, 2.45) is 0 Å². The SMILES string of the molecule is [Ir].[c-]1ccccc1-c1cc2c3c(cccc3n1)-c1ccccc1-2.c1ccc2nc(-c3ccc4ccccc4n3)ccc2c1. The molecule has 0 saturated heterocycles. The molecule has 205 valence electrons. The van der Waals surface area contributed by atoms with Gasteiger partial charge in [-0.2, -0.15) is 0 Å². The molecule has 1 radical (unpaired) electrons. The fraction of sp³-hybridized carbons (Fsp3) is 0. The van der Waals surface area contributed by atoms with Gasteiger partial charge in [-0.1, -0.05) is 91.0 Å². The maximum Gasteiger partial charge on any atom is 0.0894 e. The Balaban J connectivity index is 0.000000137. The first-order valence-electron chi connectivity index (χ1n) is 14.0. The van der Waals surface area contributed by atoms with Crippen LogP contribution in [0.25, 0.3) is 77.6 Å². The van der Waals surface area contributed by atoms with Crippen molar-refractivity contribution >= 4 is 32.7 Å². The summed E-state index contributed by atoms with van der Waals surface area (Å²) >= 11 is 0. The number of rotatable bonds is 2. The number of nitrogens with zero attached hydrogens (tertiary/aromatic N) is 3. The summed E-state index contributed by atoms with van der Waals surface area (Å²) in [6, 6.07) is 53.0. The van der Waals surface area contributed by atoms with E-state index in [1.165, 1.54) is 27.6 Å². The zero-order chi connectivity index (χ0) is 27.9. The van der Waals surface area contributed by atoms with Gasteiger partial charge in [0.2, 0.25) is 0 Å². The number of pyridine rings is 3. The Morgan fingerprint density at radius 2 is 0.930 bits per heavy atom. The van der Waals surface area contributed by atoms with Crippen molar-refractivity contribution in [3.8, 4) is 44.9 Å². The van der Waals surface area contributed by atoms with E-state index in [0.717, 1.165) is 50.0 Å². The summed E-state index contributed by atoms with van der Waals surface area (Å²) < 4.78 is 0. The number of fused-ring (bicyclic) bond motifs is 5. The van der Waals surface area contributed by atoms with E-state index in [-0.39, 0.29) is 20.1 Å². The molecule has 4 heteroatoms. The number of hydrogen-bond acceptors (Lipinski definition) is 3. The van der Waals surface area contributed by atoms with Gasteiger partial charge in [-0.15, -0.1) is 35.9 Å². The Morgan fingerprint density at radius 1 is 0.395 bits per heavy atom. The first kappa shape index (κ1) is 26.9.